The van der Waals surface area contributed by atoms with Crippen molar-refractivity contribution >= 4 is 35.2 Å². The zero-order valence-corrected chi connectivity index (χ0v) is 18.6. The molecule has 0 aromatic heterocycles. The quantitative estimate of drug-likeness (QED) is 0.466. The summed E-state index contributed by atoms with van der Waals surface area (Å²) in [6.07, 6.45) is 0.784. The first-order chi connectivity index (χ1) is 14.3. The van der Waals surface area contributed by atoms with Crippen LogP contribution in [0.2, 0.25) is 0 Å². The van der Waals surface area contributed by atoms with Gasteiger partial charge in [-0.3, -0.25) is 9.59 Å². The fourth-order valence-corrected chi connectivity index (χ4v) is 3.71. The predicted octanol–water partition coefficient (Wildman–Crippen LogP) is 3.97. The van der Waals surface area contributed by atoms with E-state index in [1.807, 2.05) is 45.9 Å². The Labute approximate surface area is 181 Å². The molecule has 0 saturated heterocycles. The number of benzene rings is 2. The van der Waals surface area contributed by atoms with Gasteiger partial charge in [-0.05, 0) is 50.5 Å². The molecular formula is C23H28N2O4S. The van der Waals surface area contributed by atoms with Crippen molar-refractivity contribution in [2.45, 2.75) is 45.1 Å². The van der Waals surface area contributed by atoms with Crippen LogP contribution in [0.4, 0.5) is 5.69 Å². The lowest BCUT2D eigenvalue weighted by molar-refractivity contribution is -0.119. The van der Waals surface area contributed by atoms with Crippen molar-refractivity contribution in [2.75, 3.05) is 17.7 Å². The third kappa shape index (κ3) is 6.91. The molecule has 2 rings (SSSR count). The summed E-state index contributed by atoms with van der Waals surface area (Å²) >= 11 is 1.26. The SMILES string of the molecule is CCc1cccc(C)c1NC(=O)COC(=O)c1ccccc1SCC(=O)NC(C)C. The molecule has 0 unspecified atom stereocenters. The van der Waals surface area contributed by atoms with Crippen molar-refractivity contribution in [3.8, 4) is 0 Å². The van der Waals surface area contributed by atoms with E-state index in [4.69, 9.17) is 4.74 Å². The van der Waals surface area contributed by atoms with Gasteiger partial charge in [-0.15, -0.1) is 11.8 Å². The van der Waals surface area contributed by atoms with E-state index >= 15 is 0 Å². The second-order valence-electron chi connectivity index (χ2n) is 7.09. The molecule has 160 valence electrons. The third-order valence-electron chi connectivity index (χ3n) is 4.25. The lowest BCUT2D eigenvalue weighted by Gasteiger charge is -2.13. The van der Waals surface area contributed by atoms with Crippen LogP contribution in [0.1, 0.15) is 42.3 Å². The maximum atomic E-state index is 12.5. The highest BCUT2D eigenvalue weighted by Gasteiger charge is 2.16. The molecule has 0 spiro atoms. The molecule has 2 aromatic rings. The van der Waals surface area contributed by atoms with Gasteiger partial charge in [0.25, 0.3) is 5.91 Å². The van der Waals surface area contributed by atoms with E-state index in [-0.39, 0.29) is 24.3 Å². The molecule has 0 fully saturated rings. The van der Waals surface area contributed by atoms with Gasteiger partial charge in [-0.2, -0.15) is 0 Å². The molecule has 0 aliphatic rings. The van der Waals surface area contributed by atoms with Gasteiger partial charge >= 0.3 is 5.97 Å². The first kappa shape index (κ1) is 23.5. The van der Waals surface area contributed by atoms with Crippen LogP contribution < -0.4 is 10.6 Å². The van der Waals surface area contributed by atoms with E-state index in [9.17, 15) is 14.4 Å². The largest absolute Gasteiger partial charge is 0.452 e. The van der Waals surface area contributed by atoms with Crippen LogP contribution in [0.25, 0.3) is 0 Å². The maximum absolute atomic E-state index is 12.5. The van der Waals surface area contributed by atoms with Crippen molar-refractivity contribution in [2.24, 2.45) is 0 Å². The van der Waals surface area contributed by atoms with Crippen molar-refractivity contribution in [3.63, 3.8) is 0 Å². The van der Waals surface area contributed by atoms with E-state index in [2.05, 4.69) is 10.6 Å². The number of ether oxygens (including phenoxy) is 1. The fraction of sp³-hybridized carbons (Fsp3) is 0.348. The van der Waals surface area contributed by atoms with Crippen molar-refractivity contribution < 1.29 is 19.1 Å². The van der Waals surface area contributed by atoms with Crippen LogP contribution >= 0.6 is 11.8 Å². The topological polar surface area (TPSA) is 84.5 Å². The third-order valence-corrected chi connectivity index (χ3v) is 5.33. The molecule has 0 bridgehead atoms. The summed E-state index contributed by atoms with van der Waals surface area (Å²) < 4.78 is 5.22. The number of nitrogens with one attached hydrogen (secondary N) is 2. The summed E-state index contributed by atoms with van der Waals surface area (Å²) in [6, 6.07) is 12.8. The molecule has 2 aromatic carbocycles. The number of hydrogen-bond acceptors (Lipinski definition) is 5. The van der Waals surface area contributed by atoms with Crippen LogP contribution in [0.15, 0.2) is 47.4 Å². The van der Waals surface area contributed by atoms with Crippen molar-refractivity contribution in [1.29, 1.82) is 0 Å². The van der Waals surface area contributed by atoms with Gasteiger partial charge in [0.1, 0.15) is 0 Å². The van der Waals surface area contributed by atoms with Gasteiger partial charge in [-0.25, -0.2) is 4.79 Å². The zero-order valence-electron chi connectivity index (χ0n) is 17.8. The molecule has 7 heteroatoms. The minimum atomic E-state index is -0.599. The molecular weight excluding hydrogens is 400 g/mol. The summed E-state index contributed by atoms with van der Waals surface area (Å²) in [7, 11) is 0. The Bertz CT molecular complexity index is 912. The normalized spacial score (nSPS) is 10.6. The van der Waals surface area contributed by atoms with E-state index in [1.165, 1.54) is 11.8 Å². The van der Waals surface area contributed by atoms with Crippen LogP contribution in [-0.4, -0.2) is 36.2 Å². The number of carbonyl (C=O) groups is 3. The van der Waals surface area contributed by atoms with Gasteiger partial charge in [0.2, 0.25) is 5.91 Å². The van der Waals surface area contributed by atoms with Crippen LogP contribution in [0, 0.1) is 6.92 Å². The highest BCUT2D eigenvalue weighted by molar-refractivity contribution is 8.00. The summed E-state index contributed by atoms with van der Waals surface area (Å²) in [5.74, 6) is -0.912. The standard InChI is InChI=1S/C23H28N2O4S/c1-5-17-10-8-9-16(4)22(17)25-20(26)13-29-23(28)18-11-6-7-12-19(18)30-14-21(27)24-15(2)3/h6-12,15H,5,13-14H2,1-4H3,(H,24,27)(H,25,26). The summed E-state index contributed by atoms with van der Waals surface area (Å²) in [6.45, 7) is 7.33. The maximum Gasteiger partial charge on any atom is 0.339 e. The summed E-state index contributed by atoms with van der Waals surface area (Å²) in [5.41, 5.74) is 3.07. The molecule has 0 saturated carbocycles. The molecule has 2 N–H and O–H groups in total. The Balaban J connectivity index is 1.97. The number of thioether (sulfide) groups is 1. The van der Waals surface area contributed by atoms with Crippen LogP contribution in [-0.2, 0) is 20.7 Å². The molecule has 0 aliphatic carbocycles. The number of para-hydroxylation sites is 1. The first-order valence-corrected chi connectivity index (χ1v) is 10.9. The van der Waals surface area contributed by atoms with E-state index in [0.29, 0.717) is 10.5 Å². The second kappa shape index (κ2) is 11.4. The van der Waals surface area contributed by atoms with Crippen LogP contribution in [0.5, 0.6) is 0 Å². The molecule has 30 heavy (non-hydrogen) atoms. The Morgan fingerprint density at radius 2 is 1.77 bits per heavy atom. The van der Waals surface area contributed by atoms with Crippen molar-refractivity contribution in [3.05, 3.63) is 59.2 Å². The number of aryl methyl sites for hydroxylation is 2. The minimum absolute atomic E-state index is 0.0540. The number of amides is 2. The summed E-state index contributed by atoms with van der Waals surface area (Å²) in [4.78, 5) is 37.4. The minimum Gasteiger partial charge on any atom is -0.452 e. The number of esters is 1. The smallest absolute Gasteiger partial charge is 0.339 e. The number of rotatable bonds is 9. The Hall–Kier alpha value is -2.80. The lowest BCUT2D eigenvalue weighted by atomic mass is 10.1. The number of carbonyl (C=O) groups excluding carboxylic acids is 3. The second-order valence-corrected chi connectivity index (χ2v) is 8.11. The van der Waals surface area contributed by atoms with Gasteiger partial charge in [0, 0.05) is 16.6 Å². The van der Waals surface area contributed by atoms with Gasteiger partial charge in [-0.1, -0.05) is 37.3 Å². The highest BCUT2D eigenvalue weighted by atomic mass is 32.2. The summed E-state index contributed by atoms with van der Waals surface area (Å²) in [5, 5.41) is 5.65. The molecule has 0 atom stereocenters. The monoisotopic (exact) mass is 428 g/mol. The predicted molar refractivity (Wildman–Crippen MR) is 120 cm³/mol. The Kier molecular flexibility index (Phi) is 8.92. The van der Waals surface area contributed by atoms with E-state index < -0.39 is 11.9 Å². The van der Waals surface area contributed by atoms with Gasteiger partial charge < -0.3 is 15.4 Å². The van der Waals surface area contributed by atoms with E-state index in [1.54, 1.807) is 24.3 Å². The van der Waals surface area contributed by atoms with Gasteiger partial charge in [0.05, 0.1) is 11.3 Å². The number of anilines is 1. The zero-order chi connectivity index (χ0) is 22.1. The molecule has 0 heterocycles. The number of hydrogen-bond donors (Lipinski definition) is 2. The Morgan fingerprint density at radius 3 is 2.47 bits per heavy atom. The highest BCUT2D eigenvalue weighted by Crippen LogP contribution is 2.24. The first-order valence-electron chi connectivity index (χ1n) is 9.88. The average Bonchev–Trinajstić information content (AvgIpc) is 2.71. The lowest BCUT2D eigenvalue weighted by Crippen LogP contribution is -2.31. The Morgan fingerprint density at radius 1 is 1.03 bits per heavy atom. The fourth-order valence-electron chi connectivity index (χ4n) is 2.85. The molecule has 2 amide bonds. The molecule has 6 nitrogen and oxygen atoms in total. The average molecular weight is 429 g/mol. The van der Waals surface area contributed by atoms with Crippen molar-refractivity contribution in [1.82, 2.24) is 5.32 Å². The molecule has 0 aliphatic heterocycles. The van der Waals surface area contributed by atoms with Gasteiger partial charge in [0.15, 0.2) is 6.61 Å². The molecule has 0 radical (unpaired) electrons. The van der Waals surface area contributed by atoms with E-state index in [0.717, 1.165) is 23.2 Å². The van der Waals surface area contributed by atoms with Crippen LogP contribution in [0.3, 0.4) is 0 Å².